The van der Waals surface area contributed by atoms with Crippen molar-refractivity contribution in [2.24, 2.45) is 5.92 Å². The van der Waals surface area contributed by atoms with E-state index < -0.39 is 6.09 Å². The molecule has 106 valence electrons. The molecule has 2 aliphatic heterocycles. The minimum absolute atomic E-state index is 0.0486. The smallest absolute Gasteiger partial charge is 0.407 e. The number of hydrogen-bond donors (Lipinski definition) is 1. The van der Waals surface area contributed by atoms with Crippen LogP contribution in [0.3, 0.4) is 0 Å². The number of likely N-dealkylation sites (tertiary alicyclic amines) is 1. The van der Waals surface area contributed by atoms with Gasteiger partial charge < -0.3 is 14.9 Å². The highest BCUT2D eigenvalue weighted by Crippen LogP contribution is 2.42. The maximum absolute atomic E-state index is 11.8. The van der Waals surface area contributed by atoms with Crippen LogP contribution in [0.2, 0.25) is 0 Å². The first-order valence-electron chi connectivity index (χ1n) is 6.93. The molecule has 20 heavy (non-hydrogen) atoms. The highest BCUT2D eigenvalue weighted by molar-refractivity contribution is 5.92. The summed E-state index contributed by atoms with van der Waals surface area (Å²) in [5, 5.41) is 9.18. The molecule has 3 rings (SSSR count). The lowest BCUT2D eigenvalue weighted by Crippen LogP contribution is -2.31. The van der Waals surface area contributed by atoms with E-state index in [1.807, 2.05) is 29.2 Å². The molecule has 2 heterocycles. The highest BCUT2D eigenvalue weighted by atomic mass is 16.4. The molecule has 0 bridgehead atoms. The molecule has 1 saturated heterocycles. The lowest BCUT2D eigenvalue weighted by atomic mass is 9.87. The zero-order valence-electron chi connectivity index (χ0n) is 11.5. The molecule has 2 aliphatic rings. The van der Waals surface area contributed by atoms with Crippen LogP contribution >= 0.6 is 0 Å². The van der Waals surface area contributed by atoms with Crippen molar-refractivity contribution in [3.63, 3.8) is 0 Å². The van der Waals surface area contributed by atoms with E-state index in [0.717, 1.165) is 17.7 Å². The van der Waals surface area contributed by atoms with Crippen LogP contribution in [0.15, 0.2) is 24.3 Å². The SMILES string of the molecule is CC(=O)N1CC[C@@H]2CN(C(=O)O)C[C@H]2c2ccccc21. The van der Waals surface area contributed by atoms with Crippen molar-refractivity contribution in [2.75, 3.05) is 24.5 Å². The number of nitrogens with zero attached hydrogens (tertiary/aromatic N) is 2. The van der Waals surface area contributed by atoms with Crippen LogP contribution < -0.4 is 4.90 Å². The molecule has 0 spiro atoms. The molecule has 1 aromatic carbocycles. The second kappa shape index (κ2) is 4.81. The van der Waals surface area contributed by atoms with Gasteiger partial charge in [-0.15, -0.1) is 0 Å². The predicted molar refractivity (Wildman–Crippen MR) is 74.9 cm³/mol. The number of benzene rings is 1. The average Bonchev–Trinajstić information content (AvgIpc) is 2.77. The quantitative estimate of drug-likeness (QED) is 0.788. The normalized spacial score (nSPS) is 24.9. The Hall–Kier alpha value is -2.04. The lowest BCUT2D eigenvalue weighted by Gasteiger charge is -2.23. The number of anilines is 1. The van der Waals surface area contributed by atoms with Gasteiger partial charge in [0.1, 0.15) is 0 Å². The Labute approximate surface area is 117 Å². The number of rotatable bonds is 0. The fourth-order valence-electron chi connectivity index (χ4n) is 3.46. The standard InChI is InChI=1S/C15H18N2O3/c1-10(18)17-7-6-11-8-16(15(19)20)9-13(11)12-4-2-3-5-14(12)17/h2-5,11,13H,6-9H2,1H3,(H,19,20)/t11-,13-/m1/s1. The first-order chi connectivity index (χ1) is 9.58. The van der Waals surface area contributed by atoms with Crippen LogP contribution in [-0.4, -0.2) is 41.6 Å². The summed E-state index contributed by atoms with van der Waals surface area (Å²) in [6, 6.07) is 7.88. The number of carbonyl (C=O) groups excluding carboxylic acids is 1. The van der Waals surface area contributed by atoms with Crippen molar-refractivity contribution < 1.29 is 14.7 Å². The third-order valence-electron chi connectivity index (χ3n) is 4.44. The zero-order chi connectivity index (χ0) is 14.3. The van der Waals surface area contributed by atoms with E-state index in [4.69, 9.17) is 0 Å². The number of para-hydroxylation sites is 1. The van der Waals surface area contributed by atoms with Crippen LogP contribution in [0, 0.1) is 5.92 Å². The molecule has 5 heteroatoms. The van der Waals surface area contributed by atoms with E-state index in [9.17, 15) is 14.7 Å². The number of hydrogen-bond acceptors (Lipinski definition) is 2. The Morgan fingerprint density at radius 3 is 2.70 bits per heavy atom. The second-order valence-electron chi connectivity index (χ2n) is 5.57. The molecule has 1 N–H and O–H groups in total. The van der Waals surface area contributed by atoms with Crippen LogP contribution in [0.4, 0.5) is 10.5 Å². The minimum atomic E-state index is -0.848. The monoisotopic (exact) mass is 274 g/mol. The number of carbonyl (C=O) groups is 2. The van der Waals surface area contributed by atoms with Gasteiger partial charge in [-0.05, 0) is 24.0 Å². The van der Waals surface area contributed by atoms with Gasteiger partial charge in [0.15, 0.2) is 0 Å². The molecular formula is C15H18N2O3. The van der Waals surface area contributed by atoms with Crippen LogP contribution in [0.1, 0.15) is 24.8 Å². The lowest BCUT2D eigenvalue weighted by molar-refractivity contribution is -0.116. The number of carboxylic acid groups (broad SMARTS) is 1. The van der Waals surface area contributed by atoms with Crippen molar-refractivity contribution >= 4 is 17.7 Å². The molecule has 0 aromatic heterocycles. The molecule has 1 fully saturated rings. The van der Waals surface area contributed by atoms with Crippen molar-refractivity contribution in [1.82, 2.24) is 4.90 Å². The third-order valence-corrected chi connectivity index (χ3v) is 4.44. The second-order valence-corrected chi connectivity index (χ2v) is 5.57. The van der Waals surface area contributed by atoms with E-state index in [-0.39, 0.29) is 11.8 Å². The fraction of sp³-hybridized carbons (Fsp3) is 0.467. The first kappa shape index (κ1) is 13.0. The van der Waals surface area contributed by atoms with Crippen LogP contribution in [-0.2, 0) is 4.79 Å². The van der Waals surface area contributed by atoms with E-state index in [1.54, 1.807) is 6.92 Å². The van der Waals surface area contributed by atoms with Crippen LogP contribution in [0.5, 0.6) is 0 Å². The van der Waals surface area contributed by atoms with Gasteiger partial charge in [-0.3, -0.25) is 4.79 Å². The third kappa shape index (κ3) is 2.03. The summed E-state index contributed by atoms with van der Waals surface area (Å²) < 4.78 is 0. The Morgan fingerprint density at radius 1 is 1.25 bits per heavy atom. The summed E-state index contributed by atoms with van der Waals surface area (Å²) in [7, 11) is 0. The number of amides is 2. The van der Waals surface area contributed by atoms with E-state index in [2.05, 4.69) is 0 Å². The van der Waals surface area contributed by atoms with Crippen molar-refractivity contribution in [2.45, 2.75) is 19.3 Å². The number of fused-ring (bicyclic) bond motifs is 3. The minimum Gasteiger partial charge on any atom is -0.465 e. The Balaban J connectivity index is 2.00. The molecule has 2 amide bonds. The Bertz CT molecular complexity index is 558. The summed E-state index contributed by atoms with van der Waals surface area (Å²) in [4.78, 5) is 26.3. The summed E-state index contributed by atoms with van der Waals surface area (Å²) in [5.74, 6) is 0.552. The van der Waals surface area contributed by atoms with E-state index >= 15 is 0 Å². The Kier molecular flexibility index (Phi) is 3.12. The van der Waals surface area contributed by atoms with Crippen LogP contribution in [0.25, 0.3) is 0 Å². The van der Waals surface area contributed by atoms with Gasteiger partial charge in [0.2, 0.25) is 5.91 Å². The van der Waals surface area contributed by atoms with Gasteiger partial charge in [-0.1, -0.05) is 18.2 Å². The van der Waals surface area contributed by atoms with Gasteiger partial charge in [-0.2, -0.15) is 0 Å². The summed E-state index contributed by atoms with van der Waals surface area (Å²) in [5.41, 5.74) is 2.05. The van der Waals surface area contributed by atoms with Gasteiger partial charge in [0, 0.05) is 38.2 Å². The van der Waals surface area contributed by atoms with Crippen molar-refractivity contribution in [1.29, 1.82) is 0 Å². The maximum atomic E-state index is 11.8. The fourth-order valence-corrected chi connectivity index (χ4v) is 3.46. The van der Waals surface area contributed by atoms with E-state index in [1.165, 1.54) is 4.90 Å². The van der Waals surface area contributed by atoms with Gasteiger partial charge in [0.25, 0.3) is 0 Å². The molecule has 5 nitrogen and oxygen atoms in total. The largest absolute Gasteiger partial charge is 0.465 e. The maximum Gasteiger partial charge on any atom is 0.407 e. The van der Waals surface area contributed by atoms with Gasteiger partial charge in [-0.25, -0.2) is 4.79 Å². The topological polar surface area (TPSA) is 60.9 Å². The van der Waals surface area contributed by atoms with Gasteiger partial charge in [0.05, 0.1) is 0 Å². The molecular weight excluding hydrogens is 256 g/mol. The van der Waals surface area contributed by atoms with Crippen molar-refractivity contribution in [3.05, 3.63) is 29.8 Å². The molecule has 0 radical (unpaired) electrons. The Morgan fingerprint density at radius 2 is 2.00 bits per heavy atom. The molecule has 0 unspecified atom stereocenters. The molecule has 0 aliphatic carbocycles. The van der Waals surface area contributed by atoms with Crippen molar-refractivity contribution in [3.8, 4) is 0 Å². The first-order valence-corrected chi connectivity index (χ1v) is 6.93. The van der Waals surface area contributed by atoms with Gasteiger partial charge >= 0.3 is 6.09 Å². The molecule has 0 saturated carbocycles. The predicted octanol–water partition coefficient (Wildman–Crippen LogP) is 2.14. The summed E-state index contributed by atoms with van der Waals surface area (Å²) >= 11 is 0. The van der Waals surface area contributed by atoms with E-state index in [0.29, 0.717) is 25.6 Å². The molecule has 1 aromatic rings. The summed E-state index contributed by atoms with van der Waals surface area (Å²) in [6.07, 6.45) is 0.00174. The summed E-state index contributed by atoms with van der Waals surface area (Å²) in [6.45, 7) is 3.35. The zero-order valence-corrected chi connectivity index (χ0v) is 11.5. The average molecular weight is 274 g/mol. The highest BCUT2D eigenvalue weighted by Gasteiger charge is 2.39. The molecule has 2 atom stereocenters.